The monoisotopic (exact) mass is 262 g/mol. The minimum atomic E-state index is -1.49. The van der Waals surface area contributed by atoms with Crippen LogP contribution in [0, 0.1) is 0 Å². The van der Waals surface area contributed by atoms with Gasteiger partial charge in [-0.3, -0.25) is 0 Å². The van der Waals surface area contributed by atoms with Crippen molar-refractivity contribution in [2.45, 2.75) is 50.0 Å². The van der Waals surface area contributed by atoms with Gasteiger partial charge in [-0.05, 0) is 13.8 Å². The minimum Gasteiger partial charge on any atom is -0.479 e. The van der Waals surface area contributed by atoms with Crippen LogP contribution in [0.3, 0.4) is 0 Å². The lowest BCUT2D eigenvalue weighted by molar-refractivity contribution is -0.311. The standard InChI is InChI=1S/C11H18O7/c1-5-8-9(7(13)6(3-12)17-5)18-11(2,4-16-8)10(14)15/h5-9,12-13H,3-4H2,1-2H3,(H,14,15)/t5?,6?,7?,8?,9?,11-/m0/s1. The fourth-order valence-corrected chi connectivity index (χ4v) is 2.33. The number of rotatable bonds is 2. The SMILES string of the molecule is CC1OC(CO)C(O)C2O[C@](C)(C(=O)O)COC12. The maximum Gasteiger partial charge on any atom is 0.338 e. The van der Waals surface area contributed by atoms with Gasteiger partial charge in [0.05, 0.1) is 19.3 Å². The van der Waals surface area contributed by atoms with Gasteiger partial charge >= 0.3 is 5.97 Å². The number of carboxylic acid groups (broad SMARTS) is 1. The first kappa shape index (κ1) is 13.7. The predicted octanol–water partition coefficient (Wildman–Crippen LogP) is -1.25. The molecule has 104 valence electrons. The normalized spacial score (nSPS) is 48.6. The molecule has 2 saturated heterocycles. The van der Waals surface area contributed by atoms with Crippen molar-refractivity contribution in [3.63, 3.8) is 0 Å². The number of hydrogen-bond acceptors (Lipinski definition) is 6. The minimum absolute atomic E-state index is 0.103. The molecule has 0 amide bonds. The highest BCUT2D eigenvalue weighted by Gasteiger charge is 2.53. The summed E-state index contributed by atoms with van der Waals surface area (Å²) < 4.78 is 16.3. The summed E-state index contributed by atoms with van der Waals surface area (Å²) in [5.41, 5.74) is -1.49. The van der Waals surface area contributed by atoms with Crippen LogP contribution in [0.15, 0.2) is 0 Å². The van der Waals surface area contributed by atoms with Crippen molar-refractivity contribution in [2.75, 3.05) is 13.2 Å². The van der Waals surface area contributed by atoms with E-state index in [1.807, 2.05) is 0 Å². The molecule has 2 aliphatic rings. The van der Waals surface area contributed by atoms with Crippen molar-refractivity contribution in [1.29, 1.82) is 0 Å². The number of carbonyl (C=O) groups is 1. The second kappa shape index (κ2) is 4.75. The van der Waals surface area contributed by atoms with E-state index in [2.05, 4.69) is 0 Å². The van der Waals surface area contributed by atoms with Gasteiger partial charge in [-0.2, -0.15) is 0 Å². The van der Waals surface area contributed by atoms with Gasteiger partial charge < -0.3 is 29.5 Å². The van der Waals surface area contributed by atoms with E-state index in [4.69, 9.17) is 24.4 Å². The topological polar surface area (TPSA) is 105 Å². The summed E-state index contributed by atoms with van der Waals surface area (Å²) in [6, 6.07) is 0. The summed E-state index contributed by atoms with van der Waals surface area (Å²) >= 11 is 0. The van der Waals surface area contributed by atoms with E-state index < -0.39 is 36.0 Å². The zero-order chi connectivity index (χ0) is 13.5. The van der Waals surface area contributed by atoms with Crippen LogP contribution in [0.2, 0.25) is 0 Å². The molecule has 0 aromatic heterocycles. The molecule has 5 unspecified atom stereocenters. The lowest BCUT2D eigenvalue weighted by atomic mass is 9.92. The molecule has 2 rings (SSSR count). The van der Waals surface area contributed by atoms with E-state index in [1.165, 1.54) is 6.92 Å². The molecule has 0 aromatic carbocycles. The Balaban J connectivity index is 2.19. The summed E-state index contributed by atoms with van der Waals surface area (Å²) in [5, 5.41) is 28.2. The number of aliphatic hydroxyl groups excluding tert-OH is 2. The second-order valence-electron chi connectivity index (χ2n) is 4.95. The van der Waals surface area contributed by atoms with Gasteiger partial charge in [0.1, 0.15) is 24.4 Å². The summed E-state index contributed by atoms with van der Waals surface area (Å²) in [6.45, 7) is 2.67. The molecule has 2 heterocycles. The lowest BCUT2D eigenvalue weighted by Gasteiger charge is -2.49. The van der Waals surface area contributed by atoms with Crippen LogP contribution in [0.5, 0.6) is 0 Å². The van der Waals surface area contributed by atoms with Crippen LogP contribution >= 0.6 is 0 Å². The Hall–Kier alpha value is -0.730. The molecule has 7 nitrogen and oxygen atoms in total. The Morgan fingerprint density at radius 3 is 2.67 bits per heavy atom. The third-order valence-electron chi connectivity index (χ3n) is 3.47. The fourth-order valence-electron chi connectivity index (χ4n) is 2.33. The largest absolute Gasteiger partial charge is 0.479 e. The number of hydrogen-bond donors (Lipinski definition) is 3. The maximum absolute atomic E-state index is 11.1. The molecule has 0 saturated carbocycles. The van der Waals surface area contributed by atoms with E-state index in [0.717, 1.165) is 0 Å². The van der Waals surface area contributed by atoms with Crippen molar-refractivity contribution < 1.29 is 34.3 Å². The quantitative estimate of drug-likeness (QED) is 0.571. The highest BCUT2D eigenvalue weighted by molar-refractivity contribution is 5.77. The highest BCUT2D eigenvalue weighted by atomic mass is 16.6. The van der Waals surface area contributed by atoms with Gasteiger partial charge in [0.2, 0.25) is 0 Å². The van der Waals surface area contributed by atoms with E-state index in [0.29, 0.717) is 0 Å². The van der Waals surface area contributed by atoms with Gasteiger partial charge in [0, 0.05) is 0 Å². The number of fused-ring (bicyclic) bond motifs is 1. The second-order valence-corrected chi connectivity index (χ2v) is 4.95. The van der Waals surface area contributed by atoms with Crippen LogP contribution in [-0.4, -0.2) is 70.6 Å². The molecular weight excluding hydrogens is 244 g/mol. The fraction of sp³-hybridized carbons (Fsp3) is 0.909. The third-order valence-corrected chi connectivity index (χ3v) is 3.47. The highest BCUT2D eigenvalue weighted by Crippen LogP contribution is 2.33. The predicted molar refractivity (Wildman–Crippen MR) is 58.1 cm³/mol. The Bertz CT molecular complexity index is 333. The summed E-state index contributed by atoms with van der Waals surface area (Å²) in [4.78, 5) is 11.1. The first-order valence-electron chi connectivity index (χ1n) is 5.86. The van der Waals surface area contributed by atoms with Crippen LogP contribution in [0.4, 0.5) is 0 Å². The molecule has 6 atom stereocenters. The lowest BCUT2D eigenvalue weighted by Crippen LogP contribution is -2.66. The Labute approximate surface area is 104 Å². The average Bonchev–Trinajstić information content (AvgIpc) is 2.33. The molecule has 0 aliphatic carbocycles. The van der Waals surface area contributed by atoms with Gasteiger partial charge in [0.25, 0.3) is 0 Å². The van der Waals surface area contributed by atoms with Gasteiger partial charge in [-0.15, -0.1) is 0 Å². The summed E-state index contributed by atoms with van der Waals surface area (Å²) in [7, 11) is 0. The van der Waals surface area contributed by atoms with Crippen LogP contribution in [-0.2, 0) is 19.0 Å². The first-order valence-corrected chi connectivity index (χ1v) is 5.86. The van der Waals surface area contributed by atoms with Crippen molar-refractivity contribution in [1.82, 2.24) is 0 Å². The maximum atomic E-state index is 11.1. The molecule has 0 radical (unpaired) electrons. The number of carboxylic acids is 1. The van der Waals surface area contributed by atoms with Gasteiger partial charge in [-0.1, -0.05) is 0 Å². The van der Waals surface area contributed by atoms with E-state index >= 15 is 0 Å². The molecule has 18 heavy (non-hydrogen) atoms. The molecule has 0 bridgehead atoms. The average molecular weight is 262 g/mol. The van der Waals surface area contributed by atoms with Crippen LogP contribution < -0.4 is 0 Å². The zero-order valence-corrected chi connectivity index (χ0v) is 10.3. The molecular formula is C11H18O7. The third kappa shape index (κ3) is 2.12. The van der Waals surface area contributed by atoms with Gasteiger partial charge in [0.15, 0.2) is 5.60 Å². The van der Waals surface area contributed by atoms with Crippen molar-refractivity contribution in [3.05, 3.63) is 0 Å². The molecule has 2 aliphatic heterocycles. The number of aliphatic hydroxyl groups is 2. The summed E-state index contributed by atoms with van der Waals surface area (Å²) in [5.74, 6) is -1.15. The molecule has 7 heteroatoms. The van der Waals surface area contributed by atoms with Crippen molar-refractivity contribution in [2.24, 2.45) is 0 Å². The summed E-state index contributed by atoms with van der Waals surface area (Å²) in [6.07, 6.45) is -3.64. The van der Waals surface area contributed by atoms with E-state index in [9.17, 15) is 9.90 Å². The first-order chi connectivity index (χ1) is 8.39. The van der Waals surface area contributed by atoms with Crippen LogP contribution in [0.25, 0.3) is 0 Å². The van der Waals surface area contributed by atoms with Crippen LogP contribution in [0.1, 0.15) is 13.8 Å². The number of aliphatic carboxylic acids is 1. The molecule has 3 N–H and O–H groups in total. The Morgan fingerprint density at radius 1 is 1.44 bits per heavy atom. The smallest absolute Gasteiger partial charge is 0.338 e. The van der Waals surface area contributed by atoms with Crippen molar-refractivity contribution in [3.8, 4) is 0 Å². The van der Waals surface area contributed by atoms with Gasteiger partial charge in [-0.25, -0.2) is 4.79 Å². The Kier molecular flexibility index (Phi) is 3.61. The zero-order valence-electron chi connectivity index (χ0n) is 10.3. The van der Waals surface area contributed by atoms with E-state index in [-0.39, 0.29) is 19.3 Å². The Morgan fingerprint density at radius 2 is 2.11 bits per heavy atom. The molecule has 0 spiro atoms. The molecule has 0 aromatic rings. The van der Waals surface area contributed by atoms with E-state index in [1.54, 1.807) is 6.92 Å². The number of ether oxygens (including phenoxy) is 3. The van der Waals surface area contributed by atoms with Crippen molar-refractivity contribution >= 4 is 5.97 Å². The molecule has 2 fully saturated rings.